The average Bonchev–Trinajstić information content (AvgIpc) is 4.08. The van der Waals surface area contributed by atoms with Gasteiger partial charge in [-0.25, -0.2) is 14.3 Å². The molecule has 0 unspecified atom stereocenters. The van der Waals surface area contributed by atoms with Gasteiger partial charge in [0.15, 0.2) is 5.82 Å². The van der Waals surface area contributed by atoms with Gasteiger partial charge in [0.25, 0.3) is 0 Å². The number of rotatable bonds is 11. The Morgan fingerprint density at radius 3 is 1.66 bits per heavy atom. The maximum absolute atomic E-state index is 12.6. The van der Waals surface area contributed by atoms with Crippen LogP contribution < -0.4 is 30.7 Å². The van der Waals surface area contributed by atoms with Gasteiger partial charge in [0.1, 0.15) is 28.8 Å². The summed E-state index contributed by atoms with van der Waals surface area (Å²) in [6.45, 7) is 7.91. The first-order valence-corrected chi connectivity index (χ1v) is 20.0. The molecule has 0 saturated carbocycles. The molecule has 1 saturated heterocycles. The molecule has 1 aliphatic rings. The van der Waals surface area contributed by atoms with Gasteiger partial charge in [0.2, 0.25) is 5.91 Å². The van der Waals surface area contributed by atoms with Crippen molar-refractivity contribution < 1.29 is 23.9 Å². The number of carbonyl (C=O) groups excluding carboxylic acids is 3. The standard InChI is InChI=1S/C27H26N6O3.C19H21N5O2/c34-26(32-17-1-2-18-32)19-20-3-7-22(8-4-20)33-25(13-16-29-33)31-27(35)30-21-5-9-23(10-6-21)36-24-11-14-28-15-12-24;1-19(2,3)16-12-17(24-23-16)22-18(25)21-13-4-6-14(7-5-13)26-15-8-10-20-11-9-15/h3-16H,1-2,17-19H2,(H2,30,31,35);4-12H,1-3H3,(H3,21,22,23,24,25). The number of benzene rings is 3. The molecule has 5 heterocycles. The molecule has 0 atom stereocenters. The molecule has 7 aromatic rings. The summed E-state index contributed by atoms with van der Waals surface area (Å²) in [6, 6.07) is 31.7. The molecule has 0 spiro atoms. The minimum absolute atomic E-state index is 0.0615. The van der Waals surface area contributed by atoms with Gasteiger partial charge in [-0.1, -0.05) is 32.9 Å². The zero-order valence-corrected chi connectivity index (χ0v) is 34.5. The summed E-state index contributed by atoms with van der Waals surface area (Å²) in [5.74, 6) is 3.86. The van der Waals surface area contributed by atoms with Crippen molar-refractivity contribution in [1.29, 1.82) is 0 Å². The van der Waals surface area contributed by atoms with Crippen molar-refractivity contribution in [2.45, 2.75) is 45.4 Å². The van der Waals surface area contributed by atoms with E-state index in [1.54, 1.807) is 115 Å². The number of anilines is 4. The predicted octanol–water partition coefficient (Wildman–Crippen LogP) is 9.41. The van der Waals surface area contributed by atoms with E-state index in [-0.39, 0.29) is 17.4 Å². The summed E-state index contributed by atoms with van der Waals surface area (Å²) in [5.41, 5.74) is 3.89. The number of hydrogen-bond acceptors (Lipinski definition) is 9. The van der Waals surface area contributed by atoms with Crippen molar-refractivity contribution in [3.05, 3.63) is 151 Å². The summed E-state index contributed by atoms with van der Waals surface area (Å²) in [4.78, 5) is 46.9. The average molecular weight is 834 g/mol. The molecule has 316 valence electrons. The molecule has 0 radical (unpaired) electrons. The van der Waals surface area contributed by atoms with Gasteiger partial charge in [0, 0.05) is 72.5 Å². The van der Waals surface area contributed by atoms with E-state index < -0.39 is 6.03 Å². The zero-order valence-electron chi connectivity index (χ0n) is 34.5. The first-order valence-electron chi connectivity index (χ1n) is 20.0. The molecular formula is C46H47N11O5. The maximum Gasteiger partial charge on any atom is 0.324 e. The second-order valence-corrected chi connectivity index (χ2v) is 15.3. The van der Waals surface area contributed by atoms with Gasteiger partial charge in [-0.2, -0.15) is 10.2 Å². The summed E-state index contributed by atoms with van der Waals surface area (Å²) in [5, 5.41) is 22.5. The number of nitrogens with one attached hydrogen (secondary N) is 5. The van der Waals surface area contributed by atoms with Crippen LogP contribution in [0.2, 0.25) is 0 Å². The second-order valence-electron chi connectivity index (χ2n) is 15.3. The molecule has 16 nitrogen and oxygen atoms in total. The van der Waals surface area contributed by atoms with Crippen molar-refractivity contribution in [3.8, 4) is 28.7 Å². The number of ether oxygens (including phenoxy) is 2. The van der Waals surface area contributed by atoms with Gasteiger partial charge in [-0.3, -0.25) is 30.5 Å². The molecule has 62 heavy (non-hydrogen) atoms. The van der Waals surface area contributed by atoms with E-state index in [9.17, 15) is 14.4 Å². The molecule has 0 bridgehead atoms. The molecule has 4 aromatic heterocycles. The molecule has 5 amide bonds. The monoisotopic (exact) mass is 833 g/mol. The second kappa shape index (κ2) is 19.8. The van der Waals surface area contributed by atoms with E-state index in [4.69, 9.17) is 9.47 Å². The predicted molar refractivity (Wildman–Crippen MR) is 237 cm³/mol. The van der Waals surface area contributed by atoms with Gasteiger partial charge in [-0.15, -0.1) is 0 Å². The first kappa shape index (κ1) is 42.1. The smallest absolute Gasteiger partial charge is 0.324 e. The van der Waals surface area contributed by atoms with Crippen LogP contribution in [0.15, 0.2) is 140 Å². The van der Waals surface area contributed by atoms with Gasteiger partial charge >= 0.3 is 12.1 Å². The summed E-state index contributed by atoms with van der Waals surface area (Å²) >= 11 is 0. The lowest BCUT2D eigenvalue weighted by Crippen LogP contribution is -2.29. The number of H-pyrrole nitrogens is 1. The van der Waals surface area contributed by atoms with Gasteiger partial charge in [-0.05, 0) is 103 Å². The van der Waals surface area contributed by atoms with Crippen LogP contribution in [0, 0.1) is 0 Å². The Hall–Kier alpha value is -8.01. The van der Waals surface area contributed by atoms with Gasteiger partial charge in [0.05, 0.1) is 18.3 Å². The number of carbonyl (C=O) groups is 3. The normalized spacial score (nSPS) is 12.1. The van der Waals surface area contributed by atoms with E-state index >= 15 is 0 Å². The van der Waals surface area contributed by atoms with E-state index in [2.05, 4.69) is 67.3 Å². The molecule has 0 aliphatic carbocycles. The Morgan fingerprint density at radius 1 is 0.629 bits per heavy atom. The third kappa shape index (κ3) is 12.0. The molecule has 5 N–H and O–H groups in total. The minimum atomic E-state index is -0.396. The lowest BCUT2D eigenvalue weighted by Gasteiger charge is -2.15. The van der Waals surface area contributed by atoms with Crippen LogP contribution in [0.3, 0.4) is 0 Å². The maximum atomic E-state index is 12.6. The Kier molecular flexibility index (Phi) is 13.5. The molecule has 16 heteroatoms. The number of urea groups is 2. The van der Waals surface area contributed by atoms with Crippen molar-refractivity contribution in [2.24, 2.45) is 0 Å². The molecule has 3 aromatic carbocycles. The molecular weight excluding hydrogens is 787 g/mol. The van der Waals surface area contributed by atoms with Crippen LogP contribution in [0.25, 0.3) is 5.69 Å². The fraction of sp³-hybridized carbons (Fsp3) is 0.196. The third-order valence-electron chi connectivity index (χ3n) is 9.50. The summed E-state index contributed by atoms with van der Waals surface area (Å²) in [6.07, 6.45) is 10.8. The van der Waals surface area contributed by atoms with Crippen molar-refractivity contribution in [3.63, 3.8) is 0 Å². The number of hydrogen-bond donors (Lipinski definition) is 5. The minimum Gasteiger partial charge on any atom is -0.457 e. The quantitative estimate of drug-likeness (QED) is 0.0844. The van der Waals surface area contributed by atoms with Crippen molar-refractivity contribution in [1.82, 2.24) is 34.8 Å². The van der Waals surface area contributed by atoms with E-state index in [0.717, 1.165) is 42.9 Å². The largest absolute Gasteiger partial charge is 0.457 e. The highest BCUT2D eigenvalue weighted by atomic mass is 16.5. The number of pyridine rings is 2. The SMILES string of the molecule is CC(C)(C)c1cc(NC(=O)Nc2ccc(Oc3ccncc3)cc2)n[nH]1.O=C(Nc1ccc(Oc2ccncc2)cc1)Nc1ccnn1-c1ccc(CC(=O)N2CCCC2)cc1. The fourth-order valence-electron chi connectivity index (χ4n) is 6.24. The van der Waals surface area contributed by atoms with Crippen molar-refractivity contribution in [2.75, 3.05) is 34.4 Å². The topological polar surface area (TPSA) is 193 Å². The molecule has 8 rings (SSSR count). The van der Waals surface area contributed by atoms with E-state index in [1.807, 2.05) is 35.2 Å². The van der Waals surface area contributed by atoms with Gasteiger partial charge < -0.3 is 25.0 Å². The lowest BCUT2D eigenvalue weighted by molar-refractivity contribution is -0.129. The highest BCUT2D eigenvalue weighted by Gasteiger charge is 2.19. The molecule has 1 fully saturated rings. The Morgan fingerprint density at radius 2 is 1.15 bits per heavy atom. The highest BCUT2D eigenvalue weighted by Crippen LogP contribution is 2.25. The van der Waals surface area contributed by atoms with Crippen LogP contribution in [0.1, 0.15) is 44.9 Å². The van der Waals surface area contributed by atoms with E-state index in [0.29, 0.717) is 52.4 Å². The highest BCUT2D eigenvalue weighted by molar-refractivity contribution is 6.00. The lowest BCUT2D eigenvalue weighted by atomic mass is 9.92. The fourth-order valence-corrected chi connectivity index (χ4v) is 6.24. The van der Waals surface area contributed by atoms with Crippen molar-refractivity contribution >= 4 is 41.0 Å². The third-order valence-corrected chi connectivity index (χ3v) is 9.50. The van der Waals surface area contributed by atoms with Crippen LogP contribution in [0.5, 0.6) is 23.0 Å². The first-order chi connectivity index (χ1) is 30.0. The Balaban J connectivity index is 0.000000197. The Bertz CT molecular complexity index is 2530. The number of amides is 5. The van der Waals surface area contributed by atoms with Crippen LogP contribution in [-0.2, 0) is 16.6 Å². The molecule has 1 aliphatic heterocycles. The van der Waals surface area contributed by atoms with Crippen LogP contribution >= 0.6 is 0 Å². The summed E-state index contributed by atoms with van der Waals surface area (Å²) in [7, 11) is 0. The summed E-state index contributed by atoms with van der Waals surface area (Å²) < 4.78 is 13.1. The number of likely N-dealkylation sites (tertiary alicyclic amines) is 1. The van der Waals surface area contributed by atoms with E-state index in [1.165, 1.54) is 0 Å². The van der Waals surface area contributed by atoms with Crippen LogP contribution in [-0.4, -0.2) is 65.9 Å². The number of aromatic amines is 1. The number of nitrogens with zero attached hydrogens (tertiary/aromatic N) is 6. The zero-order chi connectivity index (χ0) is 43.3. The Labute approximate surface area is 358 Å². The van der Waals surface area contributed by atoms with Crippen LogP contribution in [0.4, 0.5) is 32.6 Å². The number of aromatic nitrogens is 6.